The van der Waals surface area contributed by atoms with Gasteiger partial charge < -0.3 is 19.9 Å². The third kappa shape index (κ3) is 5.47. The molecule has 7 heteroatoms. The lowest BCUT2D eigenvalue weighted by Gasteiger charge is -2.36. The van der Waals surface area contributed by atoms with Crippen molar-refractivity contribution in [2.45, 2.75) is 33.6 Å². The number of nitrogens with zero attached hydrogens (tertiary/aromatic N) is 4. The molecule has 4 rings (SSSR count). The molecule has 34 heavy (non-hydrogen) atoms. The lowest BCUT2D eigenvalue weighted by molar-refractivity contribution is 0.208. The zero-order valence-corrected chi connectivity index (χ0v) is 20.5. The molecule has 1 aromatic heterocycles. The summed E-state index contributed by atoms with van der Waals surface area (Å²) < 4.78 is 5.28. The Morgan fingerprint density at radius 3 is 2.21 bits per heavy atom. The van der Waals surface area contributed by atoms with Crippen LogP contribution in [0.2, 0.25) is 0 Å². The van der Waals surface area contributed by atoms with Gasteiger partial charge in [-0.1, -0.05) is 31.2 Å². The lowest BCUT2D eigenvalue weighted by atomic mass is 10.0. The zero-order chi connectivity index (χ0) is 24.1. The van der Waals surface area contributed by atoms with Gasteiger partial charge in [-0.2, -0.15) is 0 Å². The highest BCUT2D eigenvalue weighted by molar-refractivity contribution is 5.89. The van der Waals surface area contributed by atoms with Crippen LogP contribution in [0.25, 0.3) is 0 Å². The number of nitrogens with one attached hydrogen (secondary N) is 1. The van der Waals surface area contributed by atoms with Gasteiger partial charge in [0.1, 0.15) is 17.4 Å². The second-order valence-corrected chi connectivity index (χ2v) is 8.64. The van der Waals surface area contributed by atoms with Crippen LogP contribution in [0.3, 0.4) is 0 Å². The molecule has 3 aromatic rings. The number of hydrogen-bond donors (Lipinski definition) is 1. The molecule has 0 saturated carbocycles. The first-order valence-corrected chi connectivity index (χ1v) is 11.8. The van der Waals surface area contributed by atoms with E-state index in [2.05, 4.69) is 46.4 Å². The molecule has 7 nitrogen and oxygen atoms in total. The van der Waals surface area contributed by atoms with E-state index in [0.717, 1.165) is 60.3 Å². The van der Waals surface area contributed by atoms with Crippen molar-refractivity contribution in [1.82, 2.24) is 14.9 Å². The largest absolute Gasteiger partial charge is 0.497 e. The van der Waals surface area contributed by atoms with Crippen molar-refractivity contribution < 1.29 is 9.53 Å². The Morgan fingerprint density at radius 2 is 1.59 bits per heavy atom. The number of anilines is 2. The maximum absolute atomic E-state index is 12.8. The van der Waals surface area contributed by atoms with E-state index < -0.39 is 0 Å². The standard InChI is InChI=1S/C27H33N5O2/c1-5-21-6-10-23(11-7-21)30-27(33)32-16-14-31(15-17-32)26-25(19(2)28-20(3)29-26)18-22-8-12-24(34-4)13-9-22/h6-13H,5,14-18H2,1-4H3,(H,30,33). The number of ether oxygens (including phenoxy) is 1. The van der Waals surface area contributed by atoms with Gasteiger partial charge in [0.15, 0.2) is 0 Å². The van der Waals surface area contributed by atoms with Gasteiger partial charge in [0.2, 0.25) is 0 Å². The number of amides is 2. The van der Waals surface area contributed by atoms with E-state index in [-0.39, 0.29) is 6.03 Å². The summed E-state index contributed by atoms with van der Waals surface area (Å²) in [6, 6.07) is 16.1. The Hall–Kier alpha value is -3.61. The van der Waals surface area contributed by atoms with E-state index in [1.807, 2.05) is 43.0 Å². The van der Waals surface area contributed by atoms with Crippen molar-refractivity contribution in [3.63, 3.8) is 0 Å². The molecule has 1 fully saturated rings. The van der Waals surface area contributed by atoms with Crippen LogP contribution in [0.5, 0.6) is 5.75 Å². The molecule has 1 saturated heterocycles. The van der Waals surface area contributed by atoms with E-state index in [1.165, 1.54) is 11.1 Å². The summed E-state index contributed by atoms with van der Waals surface area (Å²) in [5.74, 6) is 2.58. The Labute approximate surface area is 201 Å². The van der Waals surface area contributed by atoms with Gasteiger partial charge in [0, 0.05) is 49.5 Å². The Kier molecular flexibility index (Phi) is 7.30. The van der Waals surface area contributed by atoms with Crippen molar-refractivity contribution >= 4 is 17.5 Å². The fourth-order valence-corrected chi connectivity index (χ4v) is 4.28. The molecular formula is C27H33N5O2. The fraction of sp³-hybridized carbons (Fsp3) is 0.370. The summed E-state index contributed by atoms with van der Waals surface area (Å²) in [4.78, 5) is 26.4. The fourth-order valence-electron chi connectivity index (χ4n) is 4.28. The van der Waals surface area contributed by atoms with Crippen LogP contribution in [0.15, 0.2) is 48.5 Å². The number of aryl methyl sites for hydroxylation is 3. The number of piperazine rings is 1. The summed E-state index contributed by atoms with van der Waals surface area (Å²) in [7, 11) is 1.67. The van der Waals surface area contributed by atoms with Crippen molar-refractivity contribution in [3.8, 4) is 5.75 Å². The van der Waals surface area contributed by atoms with Crippen LogP contribution in [0.1, 0.15) is 35.1 Å². The number of carbonyl (C=O) groups excluding carboxylic acids is 1. The molecule has 1 N–H and O–H groups in total. The summed E-state index contributed by atoms with van der Waals surface area (Å²) in [6.07, 6.45) is 1.73. The van der Waals surface area contributed by atoms with Gasteiger partial charge in [-0.3, -0.25) is 0 Å². The van der Waals surface area contributed by atoms with E-state index in [1.54, 1.807) is 7.11 Å². The molecule has 2 heterocycles. The average molecular weight is 460 g/mol. The van der Waals surface area contributed by atoms with E-state index >= 15 is 0 Å². The van der Waals surface area contributed by atoms with Gasteiger partial charge in [0.05, 0.1) is 7.11 Å². The SMILES string of the molecule is CCc1ccc(NC(=O)N2CCN(c3nc(C)nc(C)c3Cc3ccc(OC)cc3)CC2)cc1. The third-order valence-electron chi connectivity index (χ3n) is 6.32. The highest BCUT2D eigenvalue weighted by Crippen LogP contribution is 2.26. The molecule has 1 aliphatic rings. The first-order chi connectivity index (χ1) is 16.5. The molecule has 2 amide bonds. The molecular weight excluding hydrogens is 426 g/mol. The molecule has 0 atom stereocenters. The quantitative estimate of drug-likeness (QED) is 0.583. The molecule has 0 spiro atoms. The van der Waals surface area contributed by atoms with Gasteiger partial charge in [0.25, 0.3) is 0 Å². The van der Waals surface area contributed by atoms with E-state index in [0.29, 0.717) is 13.1 Å². The van der Waals surface area contributed by atoms with Crippen molar-refractivity contribution in [3.05, 3.63) is 76.7 Å². The Bertz CT molecular complexity index is 1120. The van der Waals surface area contributed by atoms with Crippen molar-refractivity contribution in [2.75, 3.05) is 43.5 Å². The van der Waals surface area contributed by atoms with E-state index in [4.69, 9.17) is 9.72 Å². The molecule has 178 valence electrons. The number of methoxy groups -OCH3 is 1. The monoisotopic (exact) mass is 459 g/mol. The summed E-state index contributed by atoms with van der Waals surface area (Å²) in [5.41, 5.74) is 5.39. The smallest absolute Gasteiger partial charge is 0.321 e. The maximum Gasteiger partial charge on any atom is 0.321 e. The summed E-state index contributed by atoms with van der Waals surface area (Å²) in [5, 5.41) is 3.02. The molecule has 0 bridgehead atoms. The second-order valence-electron chi connectivity index (χ2n) is 8.64. The minimum Gasteiger partial charge on any atom is -0.497 e. The number of urea groups is 1. The topological polar surface area (TPSA) is 70.6 Å². The molecule has 0 unspecified atom stereocenters. The molecule has 1 aliphatic heterocycles. The van der Waals surface area contributed by atoms with Crippen LogP contribution >= 0.6 is 0 Å². The highest BCUT2D eigenvalue weighted by atomic mass is 16.5. The minimum atomic E-state index is -0.0580. The second kappa shape index (κ2) is 10.5. The Morgan fingerprint density at radius 1 is 0.941 bits per heavy atom. The van der Waals surface area contributed by atoms with Crippen molar-refractivity contribution in [2.24, 2.45) is 0 Å². The van der Waals surface area contributed by atoms with Crippen molar-refractivity contribution in [1.29, 1.82) is 0 Å². The summed E-state index contributed by atoms with van der Waals surface area (Å²) >= 11 is 0. The van der Waals surface area contributed by atoms with Gasteiger partial charge >= 0.3 is 6.03 Å². The van der Waals surface area contributed by atoms with Crippen LogP contribution in [0.4, 0.5) is 16.3 Å². The van der Waals surface area contributed by atoms with Crippen LogP contribution < -0.4 is 15.0 Å². The predicted molar refractivity (Wildman–Crippen MR) is 136 cm³/mol. The Balaban J connectivity index is 1.44. The third-order valence-corrected chi connectivity index (χ3v) is 6.32. The number of rotatable bonds is 6. The first-order valence-electron chi connectivity index (χ1n) is 11.8. The van der Waals surface area contributed by atoms with Gasteiger partial charge in [-0.05, 0) is 55.7 Å². The maximum atomic E-state index is 12.8. The minimum absolute atomic E-state index is 0.0580. The zero-order valence-electron chi connectivity index (χ0n) is 20.5. The number of carbonyl (C=O) groups is 1. The first kappa shape index (κ1) is 23.5. The van der Waals surface area contributed by atoms with Gasteiger partial charge in [-0.25, -0.2) is 14.8 Å². The normalized spacial score (nSPS) is 13.6. The highest BCUT2D eigenvalue weighted by Gasteiger charge is 2.25. The molecule has 0 radical (unpaired) electrons. The van der Waals surface area contributed by atoms with Crippen LogP contribution in [-0.4, -0.2) is 54.2 Å². The van der Waals surface area contributed by atoms with E-state index in [9.17, 15) is 4.79 Å². The number of hydrogen-bond acceptors (Lipinski definition) is 5. The average Bonchev–Trinajstić information content (AvgIpc) is 2.86. The number of aromatic nitrogens is 2. The van der Waals surface area contributed by atoms with Crippen LogP contribution in [-0.2, 0) is 12.8 Å². The lowest BCUT2D eigenvalue weighted by Crippen LogP contribution is -2.50. The molecule has 0 aliphatic carbocycles. The number of benzene rings is 2. The van der Waals surface area contributed by atoms with Gasteiger partial charge in [-0.15, -0.1) is 0 Å². The summed E-state index contributed by atoms with van der Waals surface area (Å²) in [6.45, 7) is 8.84. The predicted octanol–water partition coefficient (Wildman–Crippen LogP) is 4.61. The molecule has 2 aromatic carbocycles. The van der Waals surface area contributed by atoms with Crippen LogP contribution in [0, 0.1) is 13.8 Å².